The monoisotopic (exact) mass is 336 g/mol. The molecular weight excluding hydrogens is 308 g/mol. The van der Waals surface area contributed by atoms with Crippen molar-refractivity contribution in [2.24, 2.45) is 0 Å². The molecule has 3 heteroatoms. The molecule has 0 aliphatic heterocycles. The first-order valence-electron chi connectivity index (χ1n) is 9.13. The van der Waals surface area contributed by atoms with Crippen LogP contribution in [0.3, 0.4) is 0 Å². The Balaban J connectivity index is 1.53. The van der Waals surface area contributed by atoms with E-state index in [1.807, 2.05) is 13.1 Å². The van der Waals surface area contributed by atoms with Crippen molar-refractivity contribution in [2.75, 3.05) is 13.6 Å². The number of nitrogens with one attached hydrogen (secondary N) is 1. The van der Waals surface area contributed by atoms with Gasteiger partial charge in [-0.1, -0.05) is 68.4 Å². The topological polar surface area (TPSA) is 32.3 Å². The van der Waals surface area contributed by atoms with E-state index in [1.165, 1.54) is 11.1 Å². The van der Waals surface area contributed by atoms with Crippen molar-refractivity contribution in [3.05, 3.63) is 71.3 Å². The van der Waals surface area contributed by atoms with Crippen LogP contribution in [0.5, 0.6) is 0 Å². The molecule has 0 heterocycles. The van der Waals surface area contributed by atoms with Gasteiger partial charge in [-0.25, -0.2) is 4.79 Å². The van der Waals surface area contributed by atoms with Crippen LogP contribution in [0.15, 0.2) is 54.6 Å². The molecule has 1 saturated carbocycles. The molecule has 3 rings (SSSR count). The molecule has 0 atom stereocenters. The number of benzene rings is 2. The summed E-state index contributed by atoms with van der Waals surface area (Å²) in [6.07, 6.45) is 2.30. The largest absolute Gasteiger partial charge is 0.337 e. The minimum absolute atomic E-state index is 0.00450. The first-order chi connectivity index (χ1) is 12.0. The van der Waals surface area contributed by atoms with E-state index < -0.39 is 0 Å². The standard InChI is InChI=1S/C22H28N2O/c1-17(2)19-11-9-18(10-12-19)15-24(3)21(25)23-16-22(13-14-22)20-7-5-4-6-8-20/h4-12,17H,13-16H2,1-3H3,(H,23,25). The summed E-state index contributed by atoms with van der Waals surface area (Å²) in [6, 6.07) is 19.1. The fourth-order valence-electron chi connectivity index (χ4n) is 3.24. The van der Waals surface area contributed by atoms with Gasteiger partial charge in [-0.3, -0.25) is 0 Å². The molecule has 0 aromatic heterocycles. The van der Waals surface area contributed by atoms with Gasteiger partial charge in [0.25, 0.3) is 0 Å². The Morgan fingerprint density at radius 1 is 1.08 bits per heavy atom. The van der Waals surface area contributed by atoms with Crippen molar-refractivity contribution in [2.45, 2.75) is 44.6 Å². The predicted molar refractivity (Wildman–Crippen MR) is 103 cm³/mol. The number of hydrogen-bond donors (Lipinski definition) is 1. The fourth-order valence-corrected chi connectivity index (χ4v) is 3.24. The van der Waals surface area contributed by atoms with Crippen molar-refractivity contribution in [3.63, 3.8) is 0 Å². The Hall–Kier alpha value is -2.29. The minimum atomic E-state index is -0.00450. The minimum Gasteiger partial charge on any atom is -0.337 e. The first-order valence-corrected chi connectivity index (χ1v) is 9.13. The second-order valence-corrected chi connectivity index (χ2v) is 7.56. The summed E-state index contributed by atoms with van der Waals surface area (Å²) < 4.78 is 0. The van der Waals surface area contributed by atoms with Crippen LogP contribution in [0, 0.1) is 0 Å². The SMILES string of the molecule is CC(C)c1ccc(CN(C)C(=O)NCC2(c3ccccc3)CC2)cc1. The average Bonchev–Trinajstić information content (AvgIpc) is 3.42. The summed E-state index contributed by atoms with van der Waals surface area (Å²) >= 11 is 0. The molecule has 0 spiro atoms. The molecular formula is C22H28N2O. The summed E-state index contributed by atoms with van der Waals surface area (Å²) in [4.78, 5) is 14.2. The molecule has 1 aliphatic carbocycles. The molecule has 1 N–H and O–H groups in total. The number of carbonyl (C=O) groups excluding carboxylic acids is 1. The molecule has 2 amide bonds. The second kappa shape index (κ2) is 7.30. The van der Waals surface area contributed by atoms with Crippen LogP contribution in [0.1, 0.15) is 49.3 Å². The third-order valence-electron chi connectivity index (χ3n) is 5.23. The number of rotatable bonds is 6. The number of carbonyl (C=O) groups is 1. The molecule has 0 unspecified atom stereocenters. The van der Waals surface area contributed by atoms with Crippen molar-refractivity contribution >= 4 is 6.03 Å². The van der Waals surface area contributed by atoms with Gasteiger partial charge in [0.2, 0.25) is 0 Å². The van der Waals surface area contributed by atoms with Crippen LogP contribution in [-0.4, -0.2) is 24.5 Å². The highest BCUT2D eigenvalue weighted by Gasteiger charge is 2.44. The van der Waals surface area contributed by atoms with Crippen LogP contribution in [0.25, 0.3) is 0 Å². The molecule has 3 nitrogen and oxygen atoms in total. The predicted octanol–water partition coefficient (Wildman–Crippen LogP) is 4.68. The molecule has 0 saturated heterocycles. The van der Waals surface area contributed by atoms with E-state index in [4.69, 9.17) is 0 Å². The second-order valence-electron chi connectivity index (χ2n) is 7.56. The number of nitrogens with zero attached hydrogens (tertiary/aromatic N) is 1. The normalized spacial score (nSPS) is 15.0. The molecule has 2 aromatic rings. The van der Waals surface area contributed by atoms with Crippen LogP contribution in [0.2, 0.25) is 0 Å². The van der Waals surface area contributed by atoms with Crippen molar-refractivity contribution < 1.29 is 4.79 Å². The highest BCUT2D eigenvalue weighted by molar-refractivity contribution is 5.74. The summed E-state index contributed by atoms with van der Waals surface area (Å²) in [5.41, 5.74) is 3.97. The number of hydrogen-bond acceptors (Lipinski definition) is 1. The zero-order chi connectivity index (χ0) is 17.9. The lowest BCUT2D eigenvalue weighted by Gasteiger charge is -2.22. The zero-order valence-corrected chi connectivity index (χ0v) is 15.5. The van der Waals surface area contributed by atoms with Gasteiger partial charge in [-0.05, 0) is 35.4 Å². The molecule has 2 aromatic carbocycles. The third kappa shape index (κ3) is 4.22. The molecule has 1 fully saturated rings. The first kappa shape index (κ1) is 17.5. The van der Waals surface area contributed by atoms with Gasteiger partial charge in [0.15, 0.2) is 0 Å². The molecule has 0 radical (unpaired) electrons. The lowest BCUT2D eigenvalue weighted by molar-refractivity contribution is 0.206. The summed E-state index contributed by atoms with van der Waals surface area (Å²) in [6.45, 7) is 5.72. The third-order valence-corrected chi connectivity index (χ3v) is 5.23. The number of urea groups is 1. The Kier molecular flexibility index (Phi) is 5.12. The van der Waals surface area contributed by atoms with E-state index in [-0.39, 0.29) is 11.4 Å². The van der Waals surface area contributed by atoms with Crippen molar-refractivity contribution in [1.82, 2.24) is 10.2 Å². The van der Waals surface area contributed by atoms with Gasteiger partial charge in [-0.2, -0.15) is 0 Å². The Morgan fingerprint density at radius 2 is 1.72 bits per heavy atom. The number of amides is 2. The Bertz CT molecular complexity index is 703. The summed E-state index contributed by atoms with van der Waals surface area (Å²) in [7, 11) is 1.85. The highest BCUT2D eigenvalue weighted by Crippen LogP contribution is 2.47. The molecule has 25 heavy (non-hydrogen) atoms. The van der Waals surface area contributed by atoms with E-state index in [0.717, 1.165) is 18.4 Å². The summed E-state index contributed by atoms with van der Waals surface area (Å²) in [5, 5.41) is 3.12. The van der Waals surface area contributed by atoms with Gasteiger partial charge in [0, 0.05) is 25.6 Å². The summed E-state index contributed by atoms with van der Waals surface area (Å²) in [5.74, 6) is 0.530. The highest BCUT2D eigenvalue weighted by atomic mass is 16.2. The van der Waals surface area contributed by atoms with Crippen LogP contribution in [-0.2, 0) is 12.0 Å². The van der Waals surface area contributed by atoms with Gasteiger partial charge < -0.3 is 10.2 Å². The van der Waals surface area contributed by atoms with E-state index in [0.29, 0.717) is 19.0 Å². The van der Waals surface area contributed by atoms with Gasteiger partial charge >= 0.3 is 6.03 Å². The fraction of sp³-hybridized carbons (Fsp3) is 0.409. The maximum absolute atomic E-state index is 12.4. The van der Waals surface area contributed by atoms with Crippen LogP contribution >= 0.6 is 0 Å². The molecule has 0 bridgehead atoms. The lowest BCUT2D eigenvalue weighted by atomic mass is 9.96. The maximum atomic E-state index is 12.4. The molecule has 132 valence electrons. The van der Waals surface area contributed by atoms with E-state index in [9.17, 15) is 4.79 Å². The van der Waals surface area contributed by atoms with E-state index >= 15 is 0 Å². The quantitative estimate of drug-likeness (QED) is 0.816. The van der Waals surface area contributed by atoms with Crippen LogP contribution < -0.4 is 5.32 Å². The van der Waals surface area contributed by atoms with E-state index in [2.05, 4.69) is 67.7 Å². The zero-order valence-electron chi connectivity index (χ0n) is 15.5. The Morgan fingerprint density at radius 3 is 2.28 bits per heavy atom. The average molecular weight is 336 g/mol. The van der Waals surface area contributed by atoms with Gasteiger partial charge in [0.1, 0.15) is 0 Å². The van der Waals surface area contributed by atoms with Gasteiger partial charge in [0.05, 0.1) is 0 Å². The van der Waals surface area contributed by atoms with Crippen molar-refractivity contribution in [1.29, 1.82) is 0 Å². The smallest absolute Gasteiger partial charge is 0.317 e. The lowest BCUT2D eigenvalue weighted by Crippen LogP contribution is -2.40. The van der Waals surface area contributed by atoms with E-state index in [1.54, 1.807) is 4.90 Å². The Labute approximate surface area is 151 Å². The maximum Gasteiger partial charge on any atom is 0.317 e. The van der Waals surface area contributed by atoms with Crippen LogP contribution in [0.4, 0.5) is 4.79 Å². The van der Waals surface area contributed by atoms with Crippen molar-refractivity contribution in [3.8, 4) is 0 Å². The van der Waals surface area contributed by atoms with Gasteiger partial charge in [-0.15, -0.1) is 0 Å². The molecule has 1 aliphatic rings.